The Balaban J connectivity index is 1.40. The Labute approximate surface area is 179 Å². The lowest BCUT2D eigenvalue weighted by molar-refractivity contribution is -0.0366. The van der Waals surface area contributed by atoms with Crippen LogP contribution in [-0.4, -0.2) is 40.2 Å². The molecule has 8 heteroatoms. The minimum Gasteiger partial charge on any atom is -0.489 e. The lowest BCUT2D eigenvalue weighted by atomic mass is 9.89. The number of nitrogens with one attached hydrogen (secondary N) is 1. The van der Waals surface area contributed by atoms with Gasteiger partial charge in [-0.25, -0.2) is 9.48 Å². The van der Waals surface area contributed by atoms with Crippen LogP contribution in [0.1, 0.15) is 59.1 Å². The first-order valence-corrected chi connectivity index (χ1v) is 11.0. The molecule has 1 saturated carbocycles. The van der Waals surface area contributed by atoms with Gasteiger partial charge in [-0.2, -0.15) is 5.10 Å². The third kappa shape index (κ3) is 4.86. The molecule has 0 spiro atoms. The second-order valence-electron chi connectivity index (χ2n) is 8.80. The molecular formula is C21H28BrN3O4. The zero-order chi connectivity index (χ0) is 20.6. The van der Waals surface area contributed by atoms with Crippen molar-refractivity contribution in [3.63, 3.8) is 0 Å². The van der Waals surface area contributed by atoms with Gasteiger partial charge in [-0.1, -0.05) is 15.9 Å². The summed E-state index contributed by atoms with van der Waals surface area (Å²) in [5.74, 6) is 0.803. The quantitative estimate of drug-likeness (QED) is 0.692. The van der Waals surface area contributed by atoms with Crippen LogP contribution in [0.4, 0.5) is 4.79 Å². The maximum atomic E-state index is 11.9. The van der Waals surface area contributed by atoms with Gasteiger partial charge in [-0.05, 0) is 52.2 Å². The molecule has 1 N–H and O–H groups in total. The summed E-state index contributed by atoms with van der Waals surface area (Å²) in [5, 5.41) is 8.46. The molecule has 1 aliphatic heterocycles. The molecule has 7 nitrogen and oxygen atoms in total. The summed E-state index contributed by atoms with van der Waals surface area (Å²) in [6.07, 6.45) is 6.26. The number of carbonyl (C=O) groups excluding carboxylic acids is 1. The summed E-state index contributed by atoms with van der Waals surface area (Å²) < 4.78 is 20.4. The molecule has 1 atom stereocenters. The van der Waals surface area contributed by atoms with E-state index < -0.39 is 5.60 Å². The maximum absolute atomic E-state index is 11.9. The van der Waals surface area contributed by atoms with Crippen molar-refractivity contribution in [2.75, 3.05) is 6.61 Å². The zero-order valence-electron chi connectivity index (χ0n) is 17.1. The number of alkyl carbamates (subject to hydrolysis) is 1. The molecule has 2 heterocycles. The predicted octanol–water partition coefficient (Wildman–Crippen LogP) is 4.93. The van der Waals surface area contributed by atoms with E-state index in [1.54, 1.807) is 0 Å². The second kappa shape index (κ2) is 8.14. The molecular weight excluding hydrogens is 438 g/mol. The Morgan fingerprint density at radius 2 is 2.10 bits per heavy atom. The highest BCUT2D eigenvalue weighted by molar-refractivity contribution is 9.10. The normalized spacial score (nSPS) is 24.8. The number of carbonyl (C=O) groups is 1. The zero-order valence-corrected chi connectivity index (χ0v) is 18.7. The van der Waals surface area contributed by atoms with Crippen molar-refractivity contribution in [1.82, 2.24) is 15.1 Å². The molecule has 1 saturated heterocycles. The van der Waals surface area contributed by atoms with Gasteiger partial charge in [-0.3, -0.25) is 0 Å². The number of benzene rings is 1. The summed E-state index contributed by atoms with van der Waals surface area (Å²) in [4.78, 5) is 11.9. The van der Waals surface area contributed by atoms with E-state index in [1.165, 1.54) is 0 Å². The average Bonchev–Trinajstić information content (AvgIpc) is 3.02. The first-order chi connectivity index (χ1) is 13.8. The van der Waals surface area contributed by atoms with Crippen LogP contribution in [0.2, 0.25) is 0 Å². The minimum atomic E-state index is -0.492. The van der Waals surface area contributed by atoms with Gasteiger partial charge >= 0.3 is 6.09 Å². The van der Waals surface area contributed by atoms with Crippen LogP contribution in [0.15, 0.2) is 22.8 Å². The molecule has 1 aromatic heterocycles. The van der Waals surface area contributed by atoms with Gasteiger partial charge in [0.2, 0.25) is 0 Å². The number of halogens is 1. The number of nitrogens with zero attached hydrogens (tertiary/aromatic N) is 2. The van der Waals surface area contributed by atoms with E-state index >= 15 is 0 Å². The number of ether oxygens (including phenoxy) is 3. The number of amides is 1. The SMILES string of the molecule is CC(C)(C)OC(=O)N[C@H]1C[C@@H](Oc2cc(Br)cc3c2cnn3C2CCCCO2)C1. The third-order valence-corrected chi connectivity index (χ3v) is 5.64. The lowest BCUT2D eigenvalue weighted by Gasteiger charge is -2.36. The lowest BCUT2D eigenvalue weighted by Crippen LogP contribution is -2.50. The van der Waals surface area contributed by atoms with E-state index in [4.69, 9.17) is 14.2 Å². The van der Waals surface area contributed by atoms with Crippen molar-refractivity contribution in [3.05, 3.63) is 22.8 Å². The summed E-state index contributed by atoms with van der Waals surface area (Å²) in [6.45, 7) is 6.35. The number of aromatic nitrogens is 2. The van der Waals surface area contributed by atoms with Crippen LogP contribution < -0.4 is 10.1 Å². The van der Waals surface area contributed by atoms with Crippen molar-refractivity contribution in [1.29, 1.82) is 0 Å². The highest BCUT2D eigenvalue weighted by atomic mass is 79.9. The van der Waals surface area contributed by atoms with Crippen molar-refractivity contribution < 1.29 is 19.0 Å². The number of hydrogen-bond donors (Lipinski definition) is 1. The van der Waals surface area contributed by atoms with Gasteiger partial charge < -0.3 is 19.5 Å². The molecule has 4 rings (SSSR count). The number of fused-ring (bicyclic) bond motifs is 1. The molecule has 0 bridgehead atoms. The van der Waals surface area contributed by atoms with Gasteiger partial charge in [-0.15, -0.1) is 0 Å². The Bertz CT molecular complexity index is 880. The van der Waals surface area contributed by atoms with Gasteiger partial charge in [0.25, 0.3) is 0 Å². The van der Waals surface area contributed by atoms with Gasteiger partial charge in [0.1, 0.15) is 17.5 Å². The number of hydrogen-bond acceptors (Lipinski definition) is 5. The van der Waals surface area contributed by atoms with Gasteiger partial charge in [0.15, 0.2) is 6.23 Å². The fourth-order valence-corrected chi connectivity index (χ4v) is 4.18. The molecule has 2 fully saturated rings. The first-order valence-electron chi connectivity index (χ1n) is 10.2. The summed E-state index contributed by atoms with van der Waals surface area (Å²) in [5.41, 5.74) is 0.512. The standard InChI is InChI=1S/C21H28BrN3O4/c1-21(2,3)29-20(26)24-14-10-15(11-14)28-18-9-13(22)8-17-16(18)12-23-25(17)19-6-4-5-7-27-19/h8-9,12,14-15,19H,4-7,10-11H2,1-3H3,(H,24,26)/t14-,15+,19?. The van der Waals surface area contributed by atoms with E-state index in [2.05, 4.69) is 32.4 Å². The Kier molecular flexibility index (Phi) is 5.75. The van der Waals surface area contributed by atoms with E-state index in [0.717, 1.165) is 59.8 Å². The van der Waals surface area contributed by atoms with E-state index in [9.17, 15) is 4.79 Å². The van der Waals surface area contributed by atoms with Crippen LogP contribution in [-0.2, 0) is 9.47 Å². The van der Waals surface area contributed by atoms with Crippen LogP contribution in [0.5, 0.6) is 5.75 Å². The number of rotatable bonds is 4. The monoisotopic (exact) mass is 465 g/mol. The van der Waals surface area contributed by atoms with E-state index in [0.29, 0.717) is 0 Å². The summed E-state index contributed by atoms with van der Waals surface area (Å²) >= 11 is 3.59. The largest absolute Gasteiger partial charge is 0.489 e. The maximum Gasteiger partial charge on any atom is 0.407 e. The van der Waals surface area contributed by atoms with Crippen molar-refractivity contribution in [2.24, 2.45) is 0 Å². The highest BCUT2D eigenvalue weighted by Gasteiger charge is 2.34. The summed E-state index contributed by atoms with van der Waals surface area (Å²) in [7, 11) is 0. The van der Waals surface area contributed by atoms with Crippen molar-refractivity contribution in [3.8, 4) is 5.75 Å². The van der Waals surface area contributed by atoms with Crippen LogP contribution in [0.25, 0.3) is 10.9 Å². The van der Waals surface area contributed by atoms with Gasteiger partial charge in [0, 0.05) is 30.0 Å². The first kappa shape index (κ1) is 20.5. The predicted molar refractivity (Wildman–Crippen MR) is 113 cm³/mol. The van der Waals surface area contributed by atoms with E-state index in [1.807, 2.05) is 37.7 Å². The average molecular weight is 466 g/mol. The smallest absolute Gasteiger partial charge is 0.407 e. The van der Waals surface area contributed by atoms with E-state index in [-0.39, 0.29) is 24.5 Å². The minimum absolute atomic E-state index is 0.0190. The Hall–Kier alpha value is -1.80. The Morgan fingerprint density at radius 1 is 1.31 bits per heavy atom. The van der Waals surface area contributed by atoms with Crippen LogP contribution in [0, 0.1) is 0 Å². The molecule has 29 heavy (non-hydrogen) atoms. The fourth-order valence-electron chi connectivity index (χ4n) is 3.76. The Morgan fingerprint density at radius 3 is 2.79 bits per heavy atom. The highest BCUT2D eigenvalue weighted by Crippen LogP contribution is 2.36. The summed E-state index contributed by atoms with van der Waals surface area (Å²) in [6, 6.07) is 4.11. The van der Waals surface area contributed by atoms with Crippen LogP contribution in [0.3, 0.4) is 0 Å². The fraction of sp³-hybridized carbons (Fsp3) is 0.619. The second-order valence-corrected chi connectivity index (χ2v) is 9.72. The molecule has 158 valence electrons. The topological polar surface area (TPSA) is 74.6 Å². The molecule has 1 aliphatic carbocycles. The third-order valence-electron chi connectivity index (χ3n) is 5.18. The molecule has 2 aromatic rings. The van der Waals surface area contributed by atoms with Gasteiger partial charge in [0.05, 0.1) is 17.1 Å². The van der Waals surface area contributed by atoms with Crippen molar-refractivity contribution >= 4 is 32.9 Å². The molecule has 1 amide bonds. The van der Waals surface area contributed by atoms with Crippen molar-refractivity contribution in [2.45, 2.75) is 76.9 Å². The van der Waals surface area contributed by atoms with Crippen LogP contribution >= 0.6 is 15.9 Å². The molecule has 1 unspecified atom stereocenters. The molecule has 0 radical (unpaired) electrons. The molecule has 1 aromatic carbocycles. The molecule has 2 aliphatic rings.